The van der Waals surface area contributed by atoms with E-state index < -0.39 is 17.7 Å². The van der Waals surface area contributed by atoms with E-state index in [-0.39, 0.29) is 11.4 Å². The molecule has 3 aromatic rings. The summed E-state index contributed by atoms with van der Waals surface area (Å²) in [6, 6.07) is 18.5. The third kappa shape index (κ3) is 3.61. The van der Waals surface area contributed by atoms with Crippen molar-refractivity contribution in [2.45, 2.75) is 26.4 Å². The minimum Gasteiger partial charge on any atom is -0.503 e. The lowest BCUT2D eigenvalue weighted by atomic mass is 9.94. The van der Waals surface area contributed by atoms with Gasteiger partial charge in [0.15, 0.2) is 5.76 Å². The van der Waals surface area contributed by atoms with Crippen LogP contribution in [0.3, 0.4) is 0 Å². The molecule has 0 aliphatic carbocycles. The van der Waals surface area contributed by atoms with E-state index in [1.54, 1.807) is 17.0 Å². The number of carbonyl (C=O) groups excluding carboxylic acids is 2. The lowest BCUT2D eigenvalue weighted by Gasteiger charge is -2.27. The van der Waals surface area contributed by atoms with Crippen LogP contribution >= 0.6 is 11.3 Å². The normalized spacial score (nSPS) is 16.6. The van der Waals surface area contributed by atoms with Crippen molar-refractivity contribution in [1.29, 1.82) is 0 Å². The first-order valence-electron chi connectivity index (χ1n) is 9.40. The molecular formula is C24H21NO3S. The highest BCUT2D eigenvalue weighted by molar-refractivity contribution is 7.12. The summed E-state index contributed by atoms with van der Waals surface area (Å²) in [6.07, 6.45) is 0. The van der Waals surface area contributed by atoms with E-state index in [1.807, 2.05) is 67.8 Å². The number of thiophene rings is 1. The van der Waals surface area contributed by atoms with Gasteiger partial charge in [-0.15, -0.1) is 11.3 Å². The maximum Gasteiger partial charge on any atom is 0.290 e. The molecule has 146 valence electrons. The zero-order chi connectivity index (χ0) is 20.5. The van der Waals surface area contributed by atoms with Crippen LogP contribution in [0.5, 0.6) is 0 Å². The number of amides is 1. The topological polar surface area (TPSA) is 57.6 Å². The van der Waals surface area contributed by atoms with Gasteiger partial charge < -0.3 is 10.0 Å². The molecule has 0 spiro atoms. The summed E-state index contributed by atoms with van der Waals surface area (Å²) in [5.74, 6) is -1.28. The van der Waals surface area contributed by atoms with Crippen LogP contribution in [0.15, 0.2) is 77.4 Å². The number of carbonyl (C=O) groups is 2. The van der Waals surface area contributed by atoms with Gasteiger partial charge in [-0.2, -0.15) is 0 Å². The first-order valence-corrected chi connectivity index (χ1v) is 10.3. The van der Waals surface area contributed by atoms with Crippen LogP contribution in [-0.2, 0) is 11.3 Å². The average molecular weight is 404 g/mol. The summed E-state index contributed by atoms with van der Waals surface area (Å²) in [7, 11) is 0. The molecule has 1 aromatic heterocycles. The van der Waals surface area contributed by atoms with Crippen LogP contribution in [-0.4, -0.2) is 21.7 Å². The number of Topliss-reactive ketones (excluding diaryl/α,β-unsaturated/α-hetero) is 1. The second-order valence-electron chi connectivity index (χ2n) is 7.30. The molecule has 0 bridgehead atoms. The zero-order valence-corrected chi connectivity index (χ0v) is 17.1. The number of aryl methyl sites for hydroxylation is 2. The lowest BCUT2D eigenvalue weighted by Crippen LogP contribution is -2.30. The lowest BCUT2D eigenvalue weighted by molar-refractivity contribution is -0.130. The Labute approximate surface area is 173 Å². The summed E-state index contributed by atoms with van der Waals surface area (Å²) < 4.78 is 0. The van der Waals surface area contributed by atoms with Gasteiger partial charge in [0.05, 0.1) is 16.5 Å². The van der Waals surface area contributed by atoms with Gasteiger partial charge in [0.2, 0.25) is 5.78 Å². The standard InChI is InChI=1S/C24H21NO3S/c1-15-5-9-17(10-6-15)14-25-21(18-11-7-16(2)8-12-18)20(23(27)24(25)28)22(26)19-4-3-13-29-19/h3-13,21,27H,14H2,1-2H3. The van der Waals surface area contributed by atoms with Crippen molar-refractivity contribution in [2.24, 2.45) is 0 Å². The molecule has 1 N–H and O–H groups in total. The van der Waals surface area contributed by atoms with E-state index in [0.717, 1.165) is 22.3 Å². The van der Waals surface area contributed by atoms with Crippen molar-refractivity contribution in [3.63, 3.8) is 0 Å². The maximum atomic E-state index is 13.2. The molecule has 0 radical (unpaired) electrons. The van der Waals surface area contributed by atoms with Crippen LogP contribution < -0.4 is 0 Å². The van der Waals surface area contributed by atoms with E-state index in [4.69, 9.17) is 0 Å². The number of rotatable bonds is 5. The summed E-state index contributed by atoms with van der Waals surface area (Å²) in [5, 5.41) is 12.5. The monoisotopic (exact) mass is 403 g/mol. The Balaban J connectivity index is 1.78. The van der Waals surface area contributed by atoms with E-state index >= 15 is 0 Å². The molecule has 1 aliphatic heterocycles. The first-order chi connectivity index (χ1) is 14.0. The van der Waals surface area contributed by atoms with E-state index in [2.05, 4.69) is 0 Å². The smallest absolute Gasteiger partial charge is 0.290 e. The second kappa shape index (κ2) is 7.68. The van der Waals surface area contributed by atoms with Crippen LogP contribution in [0.2, 0.25) is 0 Å². The molecule has 1 aliphatic rings. The van der Waals surface area contributed by atoms with E-state index in [9.17, 15) is 14.7 Å². The SMILES string of the molecule is Cc1ccc(CN2C(=O)C(O)=C(C(=O)c3cccs3)C2c2ccc(C)cc2)cc1. The van der Waals surface area contributed by atoms with E-state index in [1.165, 1.54) is 11.3 Å². The van der Waals surface area contributed by atoms with Crippen molar-refractivity contribution in [3.8, 4) is 0 Å². The molecule has 2 heterocycles. The summed E-state index contributed by atoms with van der Waals surface area (Å²) in [5.41, 5.74) is 4.11. The van der Waals surface area contributed by atoms with Gasteiger partial charge in [-0.1, -0.05) is 65.7 Å². The quantitative estimate of drug-likeness (QED) is 0.600. The predicted molar refractivity (Wildman–Crippen MR) is 114 cm³/mol. The van der Waals surface area contributed by atoms with Crippen molar-refractivity contribution in [2.75, 3.05) is 0 Å². The van der Waals surface area contributed by atoms with Gasteiger partial charge in [0, 0.05) is 6.54 Å². The summed E-state index contributed by atoms with van der Waals surface area (Å²) in [4.78, 5) is 28.2. The molecule has 29 heavy (non-hydrogen) atoms. The maximum absolute atomic E-state index is 13.2. The Morgan fingerprint density at radius 2 is 1.62 bits per heavy atom. The van der Waals surface area contributed by atoms with Crippen LogP contribution in [0.1, 0.15) is 38.0 Å². The molecule has 0 saturated carbocycles. The molecule has 1 amide bonds. The van der Waals surface area contributed by atoms with Gasteiger partial charge in [-0.05, 0) is 36.4 Å². The number of aliphatic hydroxyl groups is 1. The summed E-state index contributed by atoms with van der Waals surface area (Å²) in [6.45, 7) is 4.30. The van der Waals surface area contributed by atoms with Gasteiger partial charge in [0.1, 0.15) is 0 Å². The number of ketones is 1. The Bertz CT molecular complexity index is 1080. The molecule has 4 rings (SSSR count). The number of nitrogens with zero attached hydrogens (tertiary/aromatic N) is 1. The Hall–Kier alpha value is -3.18. The highest BCUT2D eigenvalue weighted by Crippen LogP contribution is 2.40. The van der Waals surface area contributed by atoms with Crippen molar-refractivity contribution >= 4 is 23.0 Å². The third-order valence-corrected chi connectivity index (χ3v) is 6.03. The Kier molecular flexibility index (Phi) is 5.07. The third-order valence-electron chi connectivity index (χ3n) is 5.16. The average Bonchev–Trinajstić information content (AvgIpc) is 3.33. The van der Waals surface area contributed by atoms with E-state index in [0.29, 0.717) is 11.4 Å². The number of hydrogen-bond acceptors (Lipinski definition) is 4. The fourth-order valence-electron chi connectivity index (χ4n) is 3.57. The molecule has 1 atom stereocenters. The van der Waals surface area contributed by atoms with Crippen LogP contribution in [0, 0.1) is 13.8 Å². The second-order valence-corrected chi connectivity index (χ2v) is 8.25. The van der Waals surface area contributed by atoms with Gasteiger partial charge in [-0.25, -0.2) is 0 Å². The van der Waals surface area contributed by atoms with Crippen LogP contribution in [0.25, 0.3) is 0 Å². The molecule has 1 unspecified atom stereocenters. The minimum absolute atomic E-state index is 0.147. The van der Waals surface area contributed by atoms with Crippen molar-refractivity contribution in [1.82, 2.24) is 4.90 Å². The zero-order valence-electron chi connectivity index (χ0n) is 16.3. The fourth-order valence-corrected chi connectivity index (χ4v) is 4.25. The fraction of sp³-hybridized carbons (Fsp3) is 0.167. The summed E-state index contributed by atoms with van der Waals surface area (Å²) >= 11 is 1.30. The molecular weight excluding hydrogens is 382 g/mol. The molecule has 4 nitrogen and oxygen atoms in total. The number of aliphatic hydroxyl groups excluding tert-OH is 1. The van der Waals surface area contributed by atoms with Gasteiger partial charge in [0.25, 0.3) is 5.91 Å². The van der Waals surface area contributed by atoms with Crippen molar-refractivity contribution in [3.05, 3.63) is 105 Å². The number of hydrogen-bond donors (Lipinski definition) is 1. The largest absolute Gasteiger partial charge is 0.503 e. The van der Waals surface area contributed by atoms with Crippen molar-refractivity contribution < 1.29 is 14.7 Å². The highest BCUT2D eigenvalue weighted by atomic mass is 32.1. The highest BCUT2D eigenvalue weighted by Gasteiger charge is 2.43. The number of benzene rings is 2. The molecule has 0 saturated heterocycles. The molecule has 0 fully saturated rings. The van der Waals surface area contributed by atoms with Gasteiger partial charge >= 0.3 is 0 Å². The first kappa shape index (κ1) is 19.2. The van der Waals surface area contributed by atoms with Gasteiger partial charge in [-0.3, -0.25) is 9.59 Å². The minimum atomic E-state index is -0.626. The Morgan fingerprint density at radius 3 is 2.21 bits per heavy atom. The molecule has 5 heteroatoms. The predicted octanol–water partition coefficient (Wildman–Crippen LogP) is 5.14. The van der Waals surface area contributed by atoms with Crippen LogP contribution in [0.4, 0.5) is 0 Å². The molecule has 2 aromatic carbocycles. The Morgan fingerprint density at radius 1 is 1.00 bits per heavy atom.